The molecule has 0 heterocycles. The van der Waals surface area contributed by atoms with Crippen LogP contribution in [0.1, 0.15) is 39.7 Å². The van der Waals surface area contributed by atoms with Crippen molar-refractivity contribution in [3.8, 4) is 0 Å². The van der Waals surface area contributed by atoms with E-state index < -0.39 is 12.0 Å². The third-order valence-electron chi connectivity index (χ3n) is 2.96. The Morgan fingerprint density at radius 3 is 2.30 bits per heavy atom. The third kappa shape index (κ3) is 7.84. The zero-order chi connectivity index (χ0) is 17.4. The Balaban J connectivity index is 2.68. The van der Waals surface area contributed by atoms with E-state index in [9.17, 15) is 9.59 Å². The van der Waals surface area contributed by atoms with E-state index in [0.29, 0.717) is 11.4 Å². The molecule has 1 rings (SSSR count). The van der Waals surface area contributed by atoms with Crippen LogP contribution >= 0.6 is 11.6 Å². The lowest BCUT2D eigenvalue weighted by molar-refractivity contribution is -0.151. The molecule has 0 bridgehead atoms. The highest BCUT2D eigenvalue weighted by molar-refractivity contribution is 6.30. The first-order valence-corrected chi connectivity index (χ1v) is 8.10. The molecule has 0 aliphatic heterocycles. The Bertz CT molecular complexity index is 550. The van der Waals surface area contributed by atoms with Crippen LogP contribution in [0.15, 0.2) is 30.3 Å². The average Bonchev–Trinajstić information content (AvgIpc) is 2.44. The van der Waals surface area contributed by atoms with Gasteiger partial charge in [0, 0.05) is 11.1 Å². The lowest BCUT2D eigenvalue weighted by atomic mass is 10.0. The molecule has 5 heteroatoms. The first-order chi connectivity index (χ1) is 10.8. The van der Waals surface area contributed by atoms with Gasteiger partial charge in [-0.05, 0) is 50.0 Å². The lowest BCUT2D eigenvalue weighted by Gasteiger charge is -2.20. The number of rotatable bonds is 7. The van der Waals surface area contributed by atoms with E-state index in [1.165, 1.54) is 6.08 Å². The smallest absolute Gasteiger partial charge is 0.328 e. The summed E-state index contributed by atoms with van der Waals surface area (Å²) in [7, 11) is 0. The molecule has 1 N–H and O–H groups in total. The standard InChI is InChI=1S/C18H24ClNO3/c1-12(2)11-16(18(22)23-13(3)4)20-17(21)10-7-14-5-8-15(19)9-6-14/h5-10,12-13,16H,11H2,1-4H3,(H,20,21)/b10-7+/t16-/m0/s1. The third-order valence-corrected chi connectivity index (χ3v) is 3.21. The number of esters is 1. The van der Waals surface area contributed by atoms with E-state index in [0.717, 1.165) is 5.56 Å². The van der Waals surface area contributed by atoms with Gasteiger partial charge in [0.1, 0.15) is 6.04 Å². The monoisotopic (exact) mass is 337 g/mol. The molecular weight excluding hydrogens is 314 g/mol. The number of carbonyl (C=O) groups excluding carboxylic acids is 2. The number of carbonyl (C=O) groups is 2. The van der Waals surface area contributed by atoms with Crippen LogP contribution in [0.4, 0.5) is 0 Å². The minimum atomic E-state index is -0.639. The number of amides is 1. The second kappa shape index (κ2) is 9.36. The molecule has 23 heavy (non-hydrogen) atoms. The Morgan fingerprint density at radius 1 is 1.17 bits per heavy atom. The minimum absolute atomic E-state index is 0.210. The highest BCUT2D eigenvalue weighted by atomic mass is 35.5. The van der Waals surface area contributed by atoms with E-state index in [-0.39, 0.29) is 17.9 Å². The molecular formula is C18H24ClNO3. The second-order valence-electron chi connectivity index (χ2n) is 6.06. The molecule has 1 aromatic carbocycles. The largest absolute Gasteiger partial charge is 0.461 e. The van der Waals surface area contributed by atoms with Crippen LogP contribution in [0.3, 0.4) is 0 Å². The van der Waals surface area contributed by atoms with Crippen molar-refractivity contribution in [3.05, 3.63) is 40.9 Å². The van der Waals surface area contributed by atoms with Crippen molar-refractivity contribution in [1.29, 1.82) is 0 Å². The molecule has 1 amide bonds. The first-order valence-electron chi connectivity index (χ1n) is 7.72. The predicted octanol–water partition coefficient (Wildman–Crippen LogP) is 3.84. The van der Waals surface area contributed by atoms with Crippen LogP contribution in [-0.2, 0) is 14.3 Å². The summed E-state index contributed by atoms with van der Waals surface area (Å²) in [6.45, 7) is 7.55. The van der Waals surface area contributed by atoms with Crippen LogP contribution < -0.4 is 5.32 Å². The summed E-state index contributed by atoms with van der Waals surface area (Å²) in [6.07, 6.45) is 3.40. The van der Waals surface area contributed by atoms with E-state index in [4.69, 9.17) is 16.3 Å². The van der Waals surface area contributed by atoms with Gasteiger partial charge < -0.3 is 10.1 Å². The Morgan fingerprint density at radius 2 is 1.78 bits per heavy atom. The predicted molar refractivity (Wildman–Crippen MR) is 93.1 cm³/mol. The van der Waals surface area contributed by atoms with Gasteiger partial charge in [0.2, 0.25) is 5.91 Å². The number of benzene rings is 1. The maximum atomic E-state index is 12.1. The molecule has 0 aliphatic rings. The summed E-state index contributed by atoms with van der Waals surface area (Å²) in [5.41, 5.74) is 0.856. The zero-order valence-electron chi connectivity index (χ0n) is 14.0. The molecule has 0 aliphatic carbocycles. The minimum Gasteiger partial charge on any atom is -0.461 e. The van der Waals surface area contributed by atoms with Crippen molar-refractivity contribution in [1.82, 2.24) is 5.32 Å². The van der Waals surface area contributed by atoms with E-state index in [1.54, 1.807) is 32.1 Å². The molecule has 0 radical (unpaired) electrons. The molecule has 4 nitrogen and oxygen atoms in total. The summed E-state index contributed by atoms with van der Waals surface area (Å²) >= 11 is 5.81. The first kappa shape index (κ1) is 19.2. The van der Waals surface area contributed by atoms with Gasteiger partial charge in [-0.25, -0.2) is 4.79 Å². The van der Waals surface area contributed by atoms with Crippen molar-refractivity contribution in [2.75, 3.05) is 0 Å². The molecule has 0 saturated carbocycles. The van der Waals surface area contributed by atoms with Gasteiger partial charge in [-0.3, -0.25) is 4.79 Å². The van der Waals surface area contributed by atoms with Crippen LogP contribution in [0.2, 0.25) is 5.02 Å². The van der Waals surface area contributed by atoms with Gasteiger partial charge in [-0.1, -0.05) is 37.6 Å². The fourth-order valence-corrected chi connectivity index (χ4v) is 2.09. The number of halogens is 1. The van der Waals surface area contributed by atoms with Crippen LogP contribution in [0.25, 0.3) is 6.08 Å². The van der Waals surface area contributed by atoms with Crippen molar-refractivity contribution >= 4 is 29.6 Å². The number of hydrogen-bond acceptors (Lipinski definition) is 3. The topological polar surface area (TPSA) is 55.4 Å². The molecule has 0 spiro atoms. The Kier molecular flexibility index (Phi) is 7.83. The maximum absolute atomic E-state index is 12.1. The summed E-state index contributed by atoms with van der Waals surface area (Å²) < 4.78 is 5.20. The Hall–Kier alpha value is -1.81. The zero-order valence-corrected chi connectivity index (χ0v) is 14.8. The van der Waals surface area contributed by atoms with Gasteiger partial charge in [-0.2, -0.15) is 0 Å². The van der Waals surface area contributed by atoms with Gasteiger partial charge >= 0.3 is 5.97 Å². The van der Waals surface area contributed by atoms with Crippen LogP contribution in [0.5, 0.6) is 0 Å². The molecule has 0 unspecified atom stereocenters. The van der Waals surface area contributed by atoms with Gasteiger partial charge in [0.15, 0.2) is 0 Å². The Labute approximate surface area is 142 Å². The molecule has 1 atom stereocenters. The van der Waals surface area contributed by atoms with Crippen molar-refractivity contribution in [2.24, 2.45) is 5.92 Å². The molecule has 0 saturated heterocycles. The molecule has 1 aromatic rings. The summed E-state index contributed by atoms with van der Waals surface area (Å²) in [4.78, 5) is 24.1. The van der Waals surface area contributed by atoms with E-state index in [2.05, 4.69) is 5.32 Å². The van der Waals surface area contributed by atoms with Crippen LogP contribution in [0, 0.1) is 5.92 Å². The average molecular weight is 338 g/mol. The molecule has 126 valence electrons. The fourth-order valence-electron chi connectivity index (χ4n) is 1.97. The van der Waals surface area contributed by atoms with Crippen molar-refractivity contribution in [2.45, 2.75) is 46.3 Å². The van der Waals surface area contributed by atoms with Gasteiger partial charge in [0.25, 0.3) is 0 Å². The quantitative estimate of drug-likeness (QED) is 0.607. The van der Waals surface area contributed by atoms with Crippen molar-refractivity contribution in [3.63, 3.8) is 0 Å². The number of ether oxygens (including phenoxy) is 1. The summed E-state index contributed by atoms with van der Waals surface area (Å²) in [5, 5.41) is 3.35. The second-order valence-corrected chi connectivity index (χ2v) is 6.50. The van der Waals surface area contributed by atoms with E-state index >= 15 is 0 Å². The number of nitrogens with one attached hydrogen (secondary N) is 1. The van der Waals surface area contributed by atoms with Gasteiger partial charge in [0.05, 0.1) is 6.10 Å². The molecule has 0 aromatic heterocycles. The van der Waals surface area contributed by atoms with Crippen LogP contribution in [-0.4, -0.2) is 24.0 Å². The van der Waals surface area contributed by atoms with E-state index in [1.807, 2.05) is 26.0 Å². The lowest BCUT2D eigenvalue weighted by Crippen LogP contribution is -2.42. The fraction of sp³-hybridized carbons (Fsp3) is 0.444. The highest BCUT2D eigenvalue weighted by Crippen LogP contribution is 2.11. The summed E-state index contributed by atoms with van der Waals surface area (Å²) in [6, 6.07) is 6.48. The highest BCUT2D eigenvalue weighted by Gasteiger charge is 2.23. The number of hydrogen-bond donors (Lipinski definition) is 1. The normalized spacial score (nSPS) is 12.7. The maximum Gasteiger partial charge on any atom is 0.328 e. The SMILES string of the molecule is CC(C)C[C@H](NC(=O)/C=C/c1ccc(Cl)cc1)C(=O)OC(C)C. The van der Waals surface area contributed by atoms with Gasteiger partial charge in [-0.15, -0.1) is 0 Å². The summed E-state index contributed by atoms with van der Waals surface area (Å²) in [5.74, 6) is -0.464. The van der Waals surface area contributed by atoms with Crippen molar-refractivity contribution < 1.29 is 14.3 Å². The molecule has 0 fully saturated rings.